The van der Waals surface area contributed by atoms with Gasteiger partial charge in [0.15, 0.2) is 5.96 Å². The Balaban J connectivity index is 2.61. The fourth-order valence-corrected chi connectivity index (χ4v) is 4.79. The summed E-state index contributed by atoms with van der Waals surface area (Å²) in [4.78, 5) is 9.39. The van der Waals surface area contributed by atoms with E-state index in [0.717, 1.165) is 25.6 Å². The predicted octanol–water partition coefficient (Wildman–Crippen LogP) is 1.44. The predicted molar refractivity (Wildman–Crippen MR) is 121 cm³/mol. The first-order chi connectivity index (χ1) is 13.6. The van der Waals surface area contributed by atoms with Gasteiger partial charge < -0.3 is 15.0 Å². The molecule has 0 unspecified atom stereocenters. The van der Waals surface area contributed by atoms with Crippen molar-refractivity contribution in [2.45, 2.75) is 66.7 Å². The van der Waals surface area contributed by atoms with Crippen LogP contribution in [0.4, 0.5) is 0 Å². The third kappa shape index (κ3) is 9.19. The summed E-state index contributed by atoms with van der Waals surface area (Å²) in [5.74, 6) is 0.916. The standard InChI is InChI=1S/C20H43N5O3S/c1-8-21-20(22-9-10-25(17(2)3)18(4)5)23-11-13-24(14-12-23)29(26,27)16-15-28-19(6)7/h17-19H,8-16H2,1-7H3,(H,21,22). The Hall–Kier alpha value is -0.900. The molecule has 0 spiro atoms. The third-order valence-electron chi connectivity index (χ3n) is 5.01. The molecule has 0 aliphatic carbocycles. The van der Waals surface area contributed by atoms with E-state index < -0.39 is 10.0 Å². The van der Waals surface area contributed by atoms with Gasteiger partial charge in [-0.3, -0.25) is 9.89 Å². The molecule has 0 saturated carbocycles. The molecule has 9 heteroatoms. The number of aliphatic imine (C=N–C) groups is 1. The van der Waals surface area contributed by atoms with Crippen LogP contribution in [0.5, 0.6) is 0 Å². The van der Waals surface area contributed by atoms with Crippen molar-refractivity contribution in [2.24, 2.45) is 4.99 Å². The lowest BCUT2D eigenvalue weighted by Crippen LogP contribution is -2.54. The molecule has 172 valence electrons. The summed E-state index contributed by atoms with van der Waals surface area (Å²) in [5.41, 5.74) is 0. The van der Waals surface area contributed by atoms with Gasteiger partial charge in [0.25, 0.3) is 0 Å². The number of ether oxygens (including phenoxy) is 1. The molecule has 1 saturated heterocycles. The first-order valence-corrected chi connectivity index (χ1v) is 12.6. The van der Waals surface area contributed by atoms with E-state index in [1.807, 2.05) is 13.8 Å². The van der Waals surface area contributed by atoms with Crippen molar-refractivity contribution in [2.75, 3.05) is 58.2 Å². The number of nitrogens with one attached hydrogen (secondary N) is 1. The number of guanidine groups is 1. The van der Waals surface area contributed by atoms with Crippen LogP contribution in [0.1, 0.15) is 48.5 Å². The van der Waals surface area contributed by atoms with Gasteiger partial charge in [0, 0.05) is 51.4 Å². The second-order valence-corrected chi connectivity index (χ2v) is 10.4. The molecule has 1 rings (SSSR count). The van der Waals surface area contributed by atoms with Crippen LogP contribution >= 0.6 is 0 Å². The second-order valence-electron chi connectivity index (χ2n) is 8.28. The van der Waals surface area contributed by atoms with Crippen LogP contribution in [0, 0.1) is 0 Å². The topological polar surface area (TPSA) is 77.5 Å². The Morgan fingerprint density at radius 3 is 2.14 bits per heavy atom. The molecule has 0 bridgehead atoms. The Morgan fingerprint density at radius 1 is 1.07 bits per heavy atom. The maximum atomic E-state index is 12.5. The molecule has 0 atom stereocenters. The highest BCUT2D eigenvalue weighted by atomic mass is 32.2. The fourth-order valence-electron chi connectivity index (χ4n) is 3.51. The molecule has 0 aromatic carbocycles. The van der Waals surface area contributed by atoms with Crippen molar-refractivity contribution in [1.29, 1.82) is 0 Å². The van der Waals surface area contributed by atoms with Gasteiger partial charge in [0.1, 0.15) is 0 Å². The quantitative estimate of drug-likeness (QED) is 0.392. The summed E-state index contributed by atoms with van der Waals surface area (Å²) in [6.45, 7) is 19.7. The summed E-state index contributed by atoms with van der Waals surface area (Å²) >= 11 is 0. The van der Waals surface area contributed by atoms with Crippen LogP contribution < -0.4 is 5.32 Å². The van der Waals surface area contributed by atoms with Gasteiger partial charge in [-0.15, -0.1) is 0 Å². The van der Waals surface area contributed by atoms with E-state index in [1.165, 1.54) is 0 Å². The molecular formula is C20H43N5O3S. The van der Waals surface area contributed by atoms with Gasteiger partial charge in [0.05, 0.1) is 25.0 Å². The minimum atomic E-state index is -3.27. The van der Waals surface area contributed by atoms with Gasteiger partial charge >= 0.3 is 0 Å². The monoisotopic (exact) mass is 433 g/mol. The molecule has 0 amide bonds. The van der Waals surface area contributed by atoms with Crippen LogP contribution in [0.25, 0.3) is 0 Å². The average molecular weight is 434 g/mol. The summed E-state index contributed by atoms with van der Waals surface area (Å²) in [7, 11) is -3.27. The normalized spacial score (nSPS) is 17.2. The lowest BCUT2D eigenvalue weighted by atomic mass is 10.2. The number of nitrogens with zero attached hydrogens (tertiary/aromatic N) is 4. The second kappa shape index (κ2) is 12.7. The first-order valence-electron chi connectivity index (χ1n) is 11.0. The highest BCUT2D eigenvalue weighted by Crippen LogP contribution is 2.09. The minimum absolute atomic E-state index is 0.0412. The lowest BCUT2D eigenvalue weighted by Gasteiger charge is -2.36. The zero-order valence-electron chi connectivity index (χ0n) is 19.5. The Bertz CT molecular complexity index is 577. The molecule has 1 aliphatic heterocycles. The average Bonchev–Trinajstić information content (AvgIpc) is 2.63. The van der Waals surface area contributed by atoms with Crippen molar-refractivity contribution in [1.82, 2.24) is 19.4 Å². The van der Waals surface area contributed by atoms with Crippen molar-refractivity contribution in [3.05, 3.63) is 0 Å². The van der Waals surface area contributed by atoms with Gasteiger partial charge in [-0.2, -0.15) is 4.31 Å². The molecule has 0 radical (unpaired) electrons. The number of hydrogen-bond acceptors (Lipinski definition) is 5. The van der Waals surface area contributed by atoms with E-state index >= 15 is 0 Å². The highest BCUT2D eigenvalue weighted by molar-refractivity contribution is 7.89. The minimum Gasteiger partial charge on any atom is -0.378 e. The SMILES string of the molecule is CCNC(=NCCN(C(C)C)C(C)C)N1CCN(S(=O)(=O)CCOC(C)C)CC1. The van der Waals surface area contributed by atoms with E-state index in [9.17, 15) is 8.42 Å². The molecule has 1 heterocycles. The van der Waals surface area contributed by atoms with Crippen molar-refractivity contribution >= 4 is 16.0 Å². The Morgan fingerprint density at radius 2 is 1.66 bits per heavy atom. The van der Waals surface area contributed by atoms with E-state index in [1.54, 1.807) is 4.31 Å². The molecule has 29 heavy (non-hydrogen) atoms. The van der Waals surface area contributed by atoms with Crippen molar-refractivity contribution < 1.29 is 13.2 Å². The summed E-state index contributed by atoms with van der Waals surface area (Å²) < 4.78 is 32.0. The fraction of sp³-hybridized carbons (Fsp3) is 0.950. The van der Waals surface area contributed by atoms with E-state index in [4.69, 9.17) is 9.73 Å². The van der Waals surface area contributed by atoms with E-state index in [-0.39, 0.29) is 18.5 Å². The number of hydrogen-bond donors (Lipinski definition) is 1. The molecule has 0 aromatic rings. The zero-order chi connectivity index (χ0) is 22.0. The molecule has 1 N–H and O–H groups in total. The molecular weight excluding hydrogens is 390 g/mol. The Kier molecular flexibility index (Phi) is 11.5. The summed E-state index contributed by atoms with van der Waals surface area (Å²) in [5, 5.41) is 3.35. The molecule has 1 aliphatic rings. The zero-order valence-corrected chi connectivity index (χ0v) is 20.3. The molecule has 0 aromatic heterocycles. The van der Waals surface area contributed by atoms with Crippen molar-refractivity contribution in [3.63, 3.8) is 0 Å². The molecule has 8 nitrogen and oxygen atoms in total. The summed E-state index contributed by atoms with van der Waals surface area (Å²) in [6, 6.07) is 0.974. The van der Waals surface area contributed by atoms with Crippen molar-refractivity contribution in [3.8, 4) is 0 Å². The maximum absolute atomic E-state index is 12.5. The summed E-state index contributed by atoms with van der Waals surface area (Å²) in [6.07, 6.45) is 0.0447. The lowest BCUT2D eigenvalue weighted by molar-refractivity contribution is 0.0904. The van der Waals surface area contributed by atoms with Gasteiger partial charge in [0.2, 0.25) is 10.0 Å². The van der Waals surface area contributed by atoms with Crippen LogP contribution in [-0.4, -0.2) is 105 Å². The van der Waals surface area contributed by atoms with Gasteiger partial charge in [-0.05, 0) is 48.5 Å². The van der Waals surface area contributed by atoms with Crippen LogP contribution in [0.3, 0.4) is 0 Å². The number of rotatable bonds is 11. The van der Waals surface area contributed by atoms with E-state index in [2.05, 4.69) is 49.7 Å². The smallest absolute Gasteiger partial charge is 0.216 e. The van der Waals surface area contributed by atoms with Gasteiger partial charge in [-0.1, -0.05) is 0 Å². The maximum Gasteiger partial charge on any atom is 0.216 e. The van der Waals surface area contributed by atoms with E-state index in [0.29, 0.717) is 38.3 Å². The third-order valence-corrected chi connectivity index (χ3v) is 6.84. The van der Waals surface area contributed by atoms with Crippen LogP contribution in [-0.2, 0) is 14.8 Å². The van der Waals surface area contributed by atoms with Gasteiger partial charge in [-0.25, -0.2) is 8.42 Å². The largest absolute Gasteiger partial charge is 0.378 e. The Labute approximate surface area is 178 Å². The highest BCUT2D eigenvalue weighted by Gasteiger charge is 2.28. The number of sulfonamides is 1. The van der Waals surface area contributed by atoms with Crippen LogP contribution in [0.15, 0.2) is 4.99 Å². The van der Waals surface area contributed by atoms with Crippen LogP contribution in [0.2, 0.25) is 0 Å². The first kappa shape index (κ1) is 26.1. The number of piperazine rings is 1. The molecule has 1 fully saturated rings.